The highest BCUT2D eigenvalue weighted by Gasteiger charge is 2.28. The van der Waals surface area contributed by atoms with E-state index in [1.165, 1.54) is 5.56 Å². The van der Waals surface area contributed by atoms with Crippen LogP contribution >= 0.6 is 0 Å². The fourth-order valence-electron chi connectivity index (χ4n) is 2.26. The molecule has 0 aliphatic rings. The molecule has 1 unspecified atom stereocenters. The maximum atomic E-state index is 10.6. The Morgan fingerprint density at radius 3 is 2.22 bits per heavy atom. The summed E-state index contributed by atoms with van der Waals surface area (Å²) in [6.07, 6.45) is 5.55. The van der Waals surface area contributed by atoms with Crippen molar-refractivity contribution in [3.05, 3.63) is 42.0 Å². The van der Waals surface area contributed by atoms with E-state index < -0.39 is 5.72 Å². The Hall–Kier alpha value is -1.12. The summed E-state index contributed by atoms with van der Waals surface area (Å²) in [5.74, 6) is 0. The molecule has 0 heterocycles. The standard InChI is InChI=1S/C16H25NO/c1-4-16(18,17(5-2)6-3)14-10-13-15-11-8-7-9-12-15/h7-13,18H,4-6,14H2,1-3H3. The molecule has 1 rings (SSSR count). The van der Waals surface area contributed by atoms with Gasteiger partial charge >= 0.3 is 0 Å². The van der Waals surface area contributed by atoms with Crippen LogP contribution in [0.3, 0.4) is 0 Å². The van der Waals surface area contributed by atoms with E-state index in [0.717, 1.165) is 19.5 Å². The minimum atomic E-state index is -0.714. The monoisotopic (exact) mass is 247 g/mol. The average Bonchev–Trinajstić information content (AvgIpc) is 2.41. The van der Waals surface area contributed by atoms with E-state index in [0.29, 0.717) is 6.42 Å². The van der Waals surface area contributed by atoms with Crippen LogP contribution in [0, 0.1) is 0 Å². The Labute approximate surface area is 111 Å². The Bertz CT molecular complexity index is 357. The maximum absolute atomic E-state index is 10.6. The van der Waals surface area contributed by atoms with Crippen molar-refractivity contribution < 1.29 is 5.11 Å². The first-order valence-corrected chi connectivity index (χ1v) is 6.85. The van der Waals surface area contributed by atoms with Crippen LogP contribution < -0.4 is 0 Å². The van der Waals surface area contributed by atoms with Gasteiger partial charge in [0.05, 0.1) is 0 Å². The normalized spacial score (nSPS) is 15.2. The zero-order valence-electron chi connectivity index (χ0n) is 11.8. The molecule has 0 amide bonds. The van der Waals surface area contributed by atoms with Crippen molar-refractivity contribution in [2.24, 2.45) is 0 Å². The van der Waals surface area contributed by atoms with Gasteiger partial charge in [0.15, 0.2) is 0 Å². The van der Waals surface area contributed by atoms with Gasteiger partial charge in [-0.25, -0.2) is 0 Å². The van der Waals surface area contributed by atoms with E-state index in [1.54, 1.807) is 0 Å². The van der Waals surface area contributed by atoms with Gasteiger partial charge in [-0.05, 0) is 25.1 Å². The minimum Gasteiger partial charge on any atom is -0.375 e. The zero-order chi connectivity index (χ0) is 13.4. The fraction of sp³-hybridized carbons (Fsp3) is 0.500. The van der Waals surface area contributed by atoms with Crippen LogP contribution in [0.5, 0.6) is 0 Å². The highest BCUT2D eigenvalue weighted by molar-refractivity contribution is 5.48. The van der Waals surface area contributed by atoms with Gasteiger partial charge in [-0.15, -0.1) is 0 Å². The van der Waals surface area contributed by atoms with Crippen LogP contribution in [0.2, 0.25) is 0 Å². The quantitative estimate of drug-likeness (QED) is 0.745. The van der Waals surface area contributed by atoms with Gasteiger partial charge in [-0.2, -0.15) is 0 Å². The second-order valence-corrected chi connectivity index (χ2v) is 4.53. The van der Waals surface area contributed by atoms with Gasteiger partial charge in [0.25, 0.3) is 0 Å². The molecule has 0 fully saturated rings. The molecule has 100 valence electrons. The van der Waals surface area contributed by atoms with Gasteiger partial charge in [0, 0.05) is 6.42 Å². The molecule has 1 aromatic rings. The summed E-state index contributed by atoms with van der Waals surface area (Å²) in [7, 11) is 0. The maximum Gasteiger partial charge on any atom is 0.121 e. The Morgan fingerprint density at radius 2 is 1.72 bits per heavy atom. The molecule has 0 bridgehead atoms. The molecular weight excluding hydrogens is 222 g/mol. The lowest BCUT2D eigenvalue weighted by molar-refractivity contribution is -0.104. The van der Waals surface area contributed by atoms with Crippen LogP contribution in [0.4, 0.5) is 0 Å². The molecule has 0 saturated carbocycles. The third kappa shape index (κ3) is 3.97. The number of rotatable bonds is 7. The Morgan fingerprint density at radius 1 is 1.11 bits per heavy atom. The molecule has 0 aliphatic heterocycles. The summed E-state index contributed by atoms with van der Waals surface area (Å²) in [4.78, 5) is 2.11. The summed E-state index contributed by atoms with van der Waals surface area (Å²) in [5, 5.41) is 10.6. The van der Waals surface area contributed by atoms with Crippen LogP contribution in [0.1, 0.15) is 39.2 Å². The molecule has 2 heteroatoms. The Balaban J connectivity index is 2.66. The predicted molar refractivity (Wildman–Crippen MR) is 78.3 cm³/mol. The van der Waals surface area contributed by atoms with E-state index in [2.05, 4.69) is 43.0 Å². The van der Waals surface area contributed by atoms with Gasteiger partial charge in [0.2, 0.25) is 0 Å². The van der Waals surface area contributed by atoms with Crippen LogP contribution in [0.25, 0.3) is 6.08 Å². The summed E-state index contributed by atoms with van der Waals surface area (Å²) < 4.78 is 0. The number of hydrogen-bond acceptors (Lipinski definition) is 2. The third-order valence-electron chi connectivity index (χ3n) is 3.47. The van der Waals surface area contributed by atoms with Crippen molar-refractivity contribution in [1.82, 2.24) is 4.90 Å². The molecule has 0 saturated heterocycles. The lowest BCUT2D eigenvalue weighted by atomic mass is 10.0. The van der Waals surface area contributed by atoms with Gasteiger partial charge in [0.1, 0.15) is 5.72 Å². The van der Waals surface area contributed by atoms with Gasteiger partial charge in [-0.1, -0.05) is 63.3 Å². The molecule has 18 heavy (non-hydrogen) atoms. The molecule has 0 aromatic heterocycles. The molecular formula is C16H25NO. The van der Waals surface area contributed by atoms with E-state index in [-0.39, 0.29) is 0 Å². The molecule has 1 N–H and O–H groups in total. The van der Waals surface area contributed by atoms with E-state index >= 15 is 0 Å². The summed E-state index contributed by atoms with van der Waals surface area (Å²) in [6, 6.07) is 10.2. The van der Waals surface area contributed by atoms with Crippen LogP contribution in [0.15, 0.2) is 36.4 Å². The summed E-state index contributed by atoms with van der Waals surface area (Å²) >= 11 is 0. The van der Waals surface area contributed by atoms with E-state index in [4.69, 9.17) is 0 Å². The van der Waals surface area contributed by atoms with Gasteiger partial charge < -0.3 is 5.11 Å². The van der Waals surface area contributed by atoms with Crippen molar-refractivity contribution in [3.63, 3.8) is 0 Å². The number of aliphatic hydroxyl groups is 1. The van der Waals surface area contributed by atoms with Gasteiger partial charge in [-0.3, -0.25) is 4.90 Å². The molecule has 0 aliphatic carbocycles. The lowest BCUT2D eigenvalue weighted by Gasteiger charge is -2.37. The average molecular weight is 247 g/mol. The highest BCUT2D eigenvalue weighted by Crippen LogP contribution is 2.21. The van der Waals surface area contributed by atoms with Crippen LogP contribution in [-0.4, -0.2) is 28.8 Å². The predicted octanol–water partition coefficient (Wildman–Crippen LogP) is 3.53. The minimum absolute atomic E-state index is 0.667. The molecule has 0 radical (unpaired) electrons. The largest absolute Gasteiger partial charge is 0.375 e. The van der Waals surface area contributed by atoms with Crippen molar-refractivity contribution in [3.8, 4) is 0 Å². The SMILES string of the molecule is CCN(CC)C(O)(CC)CC=Cc1ccccc1. The first-order valence-electron chi connectivity index (χ1n) is 6.85. The van der Waals surface area contributed by atoms with Crippen LogP contribution in [-0.2, 0) is 0 Å². The molecule has 0 spiro atoms. The number of nitrogens with zero attached hydrogens (tertiary/aromatic N) is 1. The van der Waals surface area contributed by atoms with Crippen molar-refractivity contribution >= 4 is 6.08 Å². The molecule has 2 nitrogen and oxygen atoms in total. The summed E-state index contributed by atoms with van der Waals surface area (Å²) in [6.45, 7) is 7.96. The first kappa shape index (κ1) is 14.9. The molecule has 1 atom stereocenters. The van der Waals surface area contributed by atoms with E-state index in [9.17, 15) is 5.11 Å². The van der Waals surface area contributed by atoms with Crippen molar-refractivity contribution in [1.29, 1.82) is 0 Å². The number of hydrogen-bond donors (Lipinski definition) is 1. The van der Waals surface area contributed by atoms with Crippen molar-refractivity contribution in [2.45, 2.75) is 39.3 Å². The lowest BCUT2D eigenvalue weighted by Crippen LogP contribution is -2.47. The number of benzene rings is 1. The second kappa shape index (κ2) is 7.34. The van der Waals surface area contributed by atoms with E-state index in [1.807, 2.05) is 25.1 Å². The zero-order valence-corrected chi connectivity index (χ0v) is 11.8. The fourth-order valence-corrected chi connectivity index (χ4v) is 2.26. The highest BCUT2D eigenvalue weighted by atomic mass is 16.3. The smallest absolute Gasteiger partial charge is 0.121 e. The first-order chi connectivity index (χ1) is 8.66. The summed E-state index contributed by atoms with van der Waals surface area (Å²) in [5.41, 5.74) is 0.463. The molecule has 1 aromatic carbocycles. The third-order valence-corrected chi connectivity index (χ3v) is 3.47. The van der Waals surface area contributed by atoms with Crippen molar-refractivity contribution in [2.75, 3.05) is 13.1 Å². The second-order valence-electron chi connectivity index (χ2n) is 4.53. The Kier molecular flexibility index (Phi) is 6.10. The topological polar surface area (TPSA) is 23.5 Å².